The third-order valence-corrected chi connectivity index (χ3v) is 5.77. The van der Waals surface area contributed by atoms with Crippen molar-refractivity contribution in [3.8, 4) is 22.0 Å². The van der Waals surface area contributed by atoms with E-state index in [2.05, 4.69) is 32.7 Å². The average molecular weight is 545 g/mol. The molecular formula is C23H24IN5OS. The molecule has 0 aliphatic heterocycles. The molecule has 0 bridgehead atoms. The molecule has 4 aromatic rings. The van der Waals surface area contributed by atoms with Crippen LogP contribution in [0.2, 0.25) is 0 Å². The maximum Gasteiger partial charge on any atom is 0.226 e. The molecule has 2 heterocycles. The van der Waals surface area contributed by atoms with E-state index in [4.69, 9.17) is 9.40 Å². The van der Waals surface area contributed by atoms with Crippen LogP contribution in [-0.2, 0) is 13.1 Å². The lowest BCUT2D eigenvalue weighted by molar-refractivity contribution is 0.572. The quantitative estimate of drug-likeness (QED) is 0.197. The van der Waals surface area contributed by atoms with Gasteiger partial charge in [-0.15, -0.1) is 35.3 Å². The summed E-state index contributed by atoms with van der Waals surface area (Å²) >= 11 is 1.70. The van der Waals surface area contributed by atoms with Gasteiger partial charge in [0.1, 0.15) is 11.3 Å². The molecule has 0 radical (unpaired) electrons. The normalized spacial score (nSPS) is 11.1. The number of hydrogen-bond donors (Lipinski definition) is 2. The molecule has 0 aliphatic rings. The van der Waals surface area contributed by atoms with Gasteiger partial charge in [-0.05, 0) is 19.1 Å². The van der Waals surface area contributed by atoms with Gasteiger partial charge in [0.15, 0.2) is 5.96 Å². The molecule has 8 heteroatoms. The van der Waals surface area contributed by atoms with Crippen LogP contribution in [0.1, 0.15) is 16.3 Å². The minimum Gasteiger partial charge on any atom is -0.444 e. The van der Waals surface area contributed by atoms with E-state index in [0.717, 1.165) is 27.5 Å². The van der Waals surface area contributed by atoms with Gasteiger partial charge < -0.3 is 15.1 Å². The molecule has 0 aliphatic carbocycles. The first-order valence-electron chi connectivity index (χ1n) is 9.69. The molecule has 31 heavy (non-hydrogen) atoms. The lowest BCUT2D eigenvalue weighted by Crippen LogP contribution is -2.36. The lowest BCUT2D eigenvalue weighted by atomic mass is 10.2. The predicted molar refractivity (Wildman–Crippen MR) is 137 cm³/mol. The smallest absolute Gasteiger partial charge is 0.226 e. The number of hydrogen-bond acceptors (Lipinski definition) is 5. The van der Waals surface area contributed by atoms with E-state index < -0.39 is 0 Å². The molecule has 0 saturated heterocycles. The molecule has 0 atom stereocenters. The molecule has 4 rings (SSSR count). The Balaban J connectivity index is 0.00000272. The molecule has 160 valence electrons. The SMILES string of the molecule is CN=C(NCc1coc(-c2ccccc2)n1)NCc1sc(-c2ccccc2)nc1C.I. The summed E-state index contributed by atoms with van der Waals surface area (Å²) in [6, 6.07) is 20.1. The van der Waals surface area contributed by atoms with Gasteiger partial charge in [-0.2, -0.15) is 0 Å². The Morgan fingerprint density at radius 3 is 2.26 bits per heavy atom. The van der Waals surface area contributed by atoms with Crippen LogP contribution in [0.4, 0.5) is 0 Å². The number of oxazole rings is 1. The summed E-state index contributed by atoms with van der Waals surface area (Å²) in [4.78, 5) is 14.7. The molecule has 0 saturated carbocycles. The highest BCUT2D eigenvalue weighted by Gasteiger charge is 2.11. The number of guanidine groups is 1. The second kappa shape index (κ2) is 11.1. The maximum atomic E-state index is 5.59. The predicted octanol–water partition coefficient (Wildman–Crippen LogP) is 5.26. The van der Waals surface area contributed by atoms with Crippen molar-refractivity contribution in [3.05, 3.63) is 83.2 Å². The summed E-state index contributed by atoms with van der Waals surface area (Å²) in [5, 5.41) is 7.66. The number of thiazole rings is 1. The molecular weight excluding hydrogens is 521 g/mol. The van der Waals surface area contributed by atoms with Crippen molar-refractivity contribution in [3.63, 3.8) is 0 Å². The Kier molecular flexibility index (Phi) is 8.19. The van der Waals surface area contributed by atoms with Gasteiger partial charge in [0, 0.05) is 23.1 Å². The summed E-state index contributed by atoms with van der Waals surface area (Å²) in [5.74, 6) is 1.32. The monoisotopic (exact) mass is 545 g/mol. The van der Waals surface area contributed by atoms with Crippen molar-refractivity contribution < 1.29 is 4.42 Å². The Hall–Kier alpha value is -2.72. The minimum absolute atomic E-state index is 0. The largest absolute Gasteiger partial charge is 0.444 e. The van der Waals surface area contributed by atoms with E-state index in [1.165, 1.54) is 4.88 Å². The minimum atomic E-state index is 0. The standard InChI is InChI=1S/C23H23N5OS.HI/c1-16-20(30-22(27-16)18-11-7-4-8-12-18)14-26-23(24-2)25-13-19-15-29-21(28-19)17-9-5-3-6-10-17;/h3-12,15H,13-14H2,1-2H3,(H2,24,25,26);1H. The highest BCUT2D eigenvalue weighted by atomic mass is 127. The van der Waals surface area contributed by atoms with Gasteiger partial charge in [-0.3, -0.25) is 4.99 Å². The first kappa shape index (κ1) is 23.0. The van der Waals surface area contributed by atoms with Gasteiger partial charge in [-0.1, -0.05) is 48.5 Å². The molecule has 0 unspecified atom stereocenters. The summed E-state index contributed by atoms with van der Waals surface area (Å²) < 4.78 is 5.59. The number of halogens is 1. The highest BCUT2D eigenvalue weighted by molar-refractivity contribution is 14.0. The summed E-state index contributed by atoms with van der Waals surface area (Å²) in [5.41, 5.74) is 3.95. The van der Waals surface area contributed by atoms with Crippen LogP contribution in [0.15, 0.2) is 76.3 Å². The van der Waals surface area contributed by atoms with Crippen LogP contribution in [0.5, 0.6) is 0 Å². The van der Waals surface area contributed by atoms with Gasteiger partial charge in [0.2, 0.25) is 5.89 Å². The Morgan fingerprint density at radius 1 is 0.935 bits per heavy atom. The second-order valence-electron chi connectivity index (χ2n) is 6.68. The van der Waals surface area contributed by atoms with E-state index in [0.29, 0.717) is 24.9 Å². The number of benzene rings is 2. The van der Waals surface area contributed by atoms with E-state index >= 15 is 0 Å². The first-order chi connectivity index (χ1) is 14.7. The van der Waals surface area contributed by atoms with Gasteiger partial charge in [0.05, 0.1) is 24.5 Å². The van der Waals surface area contributed by atoms with Crippen LogP contribution in [0.3, 0.4) is 0 Å². The average Bonchev–Trinajstić information content (AvgIpc) is 3.42. The van der Waals surface area contributed by atoms with Crippen LogP contribution in [-0.4, -0.2) is 23.0 Å². The van der Waals surface area contributed by atoms with E-state index in [9.17, 15) is 0 Å². The summed E-state index contributed by atoms with van der Waals surface area (Å²) in [6.07, 6.45) is 1.67. The van der Waals surface area contributed by atoms with Gasteiger partial charge in [0.25, 0.3) is 0 Å². The maximum absolute atomic E-state index is 5.59. The molecule has 2 N–H and O–H groups in total. The Morgan fingerprint density at radius 2 is 1.58 bits per heavy atom. The number of aromatic nitrogens is 2. The Labute approximate surface area is 202 Å². The molecule has 2 aromatic heterocycles. The van der Waals surface area contributed by atoms with Crippen molar-refractivity contribution in [2.24, 2.45) is 4.99 Å². The number of nitrogens with zero attached hydrogens (tertiary/aromatic N) is 3. The number of aliphatic imine (C=N–C) groups is 1. The number of nitrogens with one attached hydrogen (secondary N) is 2. The summed E-state index contributed by atoms with van der Waals surface area (Å²) in [6.45, 7) is 3.22. The van der Waals surface area contributed by atoms with Gasteiger partial charge >= 0.3 is 0 Å². The Bertz CT molecular complexity index is 1130. The molecule has 6 nitrogen and oxygen atoms in total. The topological polar surface area (TPSA) is 75.3 Å². The van der Waals surface area contributed by atoms with Crippen molar-refractivity contribution >= 4 is 41.3 Å². The third kappa shape index (κ3) is 5.92. The van der Waals surface area contributed by atoms with Crippen molar-refractivity contribution in [2.45, 2.75) is 20.0 Å². The summed E-state index contributed by atoms with van der Waals surface area (Å²) in [7, 11) is 1.75. The van der Waals surface area contributed by atoms with E-state index in [1.807, 2.05) is 55.5 Å². The van der Waals surface area contributed by atoms with Crippen LogP contribution in [0.25, 0.3) is 22.0 Å². The molecule has 0 amide bonds. The van der Waals surface area contributed by atoms with Crippen LogP contribution in [0, 0.1) is 6.92 Å². The molecule has 0 fully saturated rings. The van der Waals surface area contributed by atoms with E-state index in [1.54, 1.807) is 24.6 Å². The third-order valence-electron chi connectivity index (χ3n) is 4.56. The highest BCUT2D eigenvalue weighted by Crippen LogP contribution is 2.27. The van der Waals surface area contributed by atoms with Crippen molar-refractivity contribution in [2.75, 3.05) is 7.05 Å². The number of aryl methyl sites for hydroxylation is 1. The zero-order valence-corrected chi connectivity index (χ0v) is 20.5. The van der Waals surface area contributed by atoms with Crippen molar-refractivity contribution in [1.82, 2.24) is 20.6 Å². The first-order valence-corrected chi connectivity index (χ1v) is 10.5. The number of rotatable bonds is 6. The lowest BCUT2D eigenvalue weighted by Gasteiger charge is -2.10. The van der Waals surface area contributed by atoms with Crippen molar-refractivity contribution in [1.29, 1.82) is 0 Å². The fourth-order valence-electron chi connectivity index (χ4n) is 2.96. The molecule has 0 spiro atoms. The second-order valence-corrected chi connectivity index (χ2v) is 7.77. The zero-order valence-electron chi connectivity index (χ0n) is 17.3. The fraction of sp³-hybridized carbons (Fsp3) is 0.174. The van der Waals surface area contributed by atoms with E-state index in [-0.39, 0.29) is 24.0 Å². The van der Waals surface area contributed by atoms with Crippen LogP contribution < -0.4 is 10.6 Å². The zero-order chi connectivity index (χ0) is 20.8. The van der Waals surface area contributed by atoms with Crippen LogP contribution >= 0.6 is 35.3 Å². The molecule has 2 aromatic carbocycles. The van der Waals surface area contributed by atoms with Gasteiger partial charge in [-0.25, -0.2) is 9.97 Å². The fourth-order valence-corrected chi connectivity index (χ4v) is 3.96.